The van der Waals surface area contributed by atoms with Crippen molar-refractivity contribution in [3.8, 4) is 16.2 Å². The van der Waals surface area contributed by atoms with E-state index >= 15 is 0 Å². The Balaban J connectivity index is 1.54. The van der Waals surface area contributed by atoms with Crippen molar-refractivity contribution in [3.05, 3.63) is 81.3 Å². The molecule has 0 aliphatic rings. The second kappa shape index (κ2) is 7.72. The summed E-state index contributed by atoms with van der Waals surface area (Å²) >= 11 is 13.5. The Labute approximate surface area is 169 Å². The monoisotopic (exact) mass is 416 g/mol. The molecule has 0 saturated carbocycles. The van der Waals surface area contributed by atoms with E-state index in [4.69, 9.17) is 27.9 Å². The summed E-state index contributed by atoms with van der Waals surface area (Å²) in [5.74, 6) is 0.532. The summed E-state index contributed by atoms with van der Waals surface area (Å²) < 4.78 is 7.21. The van der Waals surface area contributed by atoms with E-state index in [1.54, 1.807) is 29.1 Å². The van der Waals surface area contributed by atoms with Gasteiger partial charge in [0.15, 0.2) is 0 Å². The number of hydrogen-bond donors (Lipinski definition) is 0. The van der Waals surface area contributed by atoms with Crippen molar-refractivity contribution in [2.24, 2.45) is 0 Å². The molecule has 0 bridgehead atoms. The molecule has 0 fully saturated rings. The van der Waals surface area contributed by atoms with Gasteiger partial charge in [-0.05, 0) is 29.8 Å². The van der Waals surface area contributed by atoms with Crippen LogP contribution in [0.1, 0.15) is 0 Å². The topological polar surface area (TPSA) is 44.1 Å². The van der Waals surface area contributed by atoms with Crippen LogP contribution in [0.4, 0.5) is 0 Å². The number of ether oxygens (including phenoxy) is 1. The minimum atomic E-state index is -0.0794. The van der Waals surface area contributed by atoms with Crippen LogP contribution in [0.2, 0.25) is 10.0 Å². The Bertz CT molecular complexity index is 1160. The first-order valence-electron chi connectivity index (χ1n) is 8.24. The molecule has 0 unspecified atom stereocenters. The molecule has 0 aliphatic carbocycles. The Morgan fingerprint density at radius 2 is 1.89 bits per heavy atom. The minimum Gasteiger partial charge on any atom is -0.490 e. The lowest BCUT2D eigenvalue weighted by Crippen LogP contribution is -2.23. The maximum Gasteiger partial charge on any atom is 0.262 e. The van der Waals surface area contributed by atoms with Crippen LogP contribution in [0.15, 0.2) is 65.7 Å². The zero-order valence-electron chi connectivity index (χ0n) is 14.1. The molecular formula is C20H14Cl2N2O2S. The third-order valence-electron chi connectivity index (χ3n) is 4.06. The van der Waals surface area contributed by atoms with Gasteiger partial charge in [0.25, 0.3) is 5.56 Å². The highest BCUT2D eigenvalue weighted by Gasteiger charge is 2.10. The van der Waals surface area contributed by atoms with Gasteiger partial charge in [-0.1, -0.05) is 53.5 Å². The molecular weight excluding hydrogens is 403 g/mol. The number of thiophene rings is 1. The van der Waals surface area contributed by atoms with E-state index in [-0.39, 0.29) is 5.56 Å². The second-order valence-electron chi connectivity index (χ2n) is 5.86. The highest BCUT2D eigenvalue weighted by molar-refractivity contribution is 7.21. The van der Waals surface area contributed by atoms with Crippen molar-refractivity contribution in [2.75, 3.05) is 6.61 Å². The summed E-state index contributed by atoms with van der Waals surface area (Å²) in [4.78, 5) is 18.9. The molecule has 136 valence electrons. The van der Waals surface area contributed by atoms with Gasteiger partial charge in [0.05, 0.1) is 23.3 Å². The van der Waals surface area contributed by atoms with E-state index in [0.717, 1.165) is 15.3 Å². The molecule has 0 saturated heterocycles. The molecule has 4 rings (SSSR count). The molecule has 0 radical (unpaired) electrons. The van der Waals surface area contributed by atoms with E-state index in [1.807, 2.05) is 36.4 Å². The minimum absolute atomic E-state index is 0.0794. The molecule has 2 heterocycles. The Morgan fingerprint density at radius 3 is 2.67 bits per heavy atom. The normalized spacial score (nSPS) is 11.0. The smallest absolute Gasteiger partial charge is 0.262 e. The van der Waals surface area contributed by atoms with Crippen molar-refractivity contribution >= 4 is 44.8 Å². The maximum atomic E-state index is 12.8. The van der Waals surface area contributed by atoms with Crippen molar-refractivity contribution in [3.63, 3.8) is 0 Å². The molecule has 4 aromatic rings. The Kier molecular flexibility index (Phi) is 5.16. The maximum absolute atomic E-state index is 12.8. The van der Waals surface area contributed by atoms with Crippen LogP contribution >= 0.6 is 34.5 Å². The number of hydrogen-bond acceptors (Lipinski definition) is 4. The molecule has 4 nitrogen and oxygen atoms in total. The Morgan fingerprint density at radius 1 is 1.07 bits per heavy atom. The van der Waals surface area contributed by atoms with Crippen LogP contribution in [0, 0.1) is 0 Å². The van der Waals surface area contributed by atoms with Gasteiger partial charge in [0.2, 0.25) is 0 Å². The van der Waals surface area contributed by atoms with E-state index in [2.05, 4.69) is 4.98 Å². The molecule has 2 aromatic carbocycles. The number of halogens is 2. The Hall–Kier alpha value is -2.34. The van der Waals surface area contributed by atoms with Crippen LogP contribution in [-0.2, 0) is 6.54 Å². The predicted octanol–water partition coefficient (Wildman–Crippen LogP) is 5.51. The van der Waals surface area contributed by atoms with Gasteiger partial charge in [-0.2, -0.15) is 0 Å². The molecule has 0 amide bonds. The fourth-order valence-electron chi connectivity index (χ4n) is 2.71. The van der Waals surface area contributed by atoms with Crippen LogP contribution in [0.25, 0.3) is 20.7 Å². The van der Waals surface area contributed by atoms with E-state index < -0.39 is 0 Å². The van der Waals surface area contributed by atoms with Gasteiger partial charge < -0.3 is 4.74 Å². The fraction of sp³-hybridized carbons (Fsp3) is 0.100. The quantitative estimate of drug-likeness (QED) is 0.430. The average Bonchev–Trinajstić information content (AvgIpc) is 3.11. The summed E-state index contributed by atoms with van der Waals surface area (Å²) in [5, 5.41) is 1.60. The van der Waals surface area contributed by atoms with Gasteiger partial charge in [-0.25, -0.2) is 4.98 Å². The molecule has 27 heavy (non-hydrogen) atoms. The predicted molar refractivity (Wildman–Crippen MR) is 111 cm³/mol. The van der Waals surface area contributed by atoms with Crippen LogP contribution in [0.3, 0.4) is 0 Å². The molecule has 0 aliphatic heterocycles. The van der Waals surface area contributed by atoms with E-state index in [1.165, 1.54) is 11.3 Å². The first-order chi connectivity index (χ1) is 13.1. The number of aromatic nitrogens is 2. The van der Waals surface area contributed by atoms with Crippen LogP contribution in [0.5, 0.6) is 5.75 Å². The number of benzene rings is 2. The SMILES string of the molecule is O=c1c2cc(-c3ccccc3)sc2ncn1CCOc1ccc(Cl)cc1Cl. The number of rotatable bonds is 5. The third-order valence-corrected chi connectivity index (χ3v) is 5.68. The number of nitrogens with zero attached hydrogens (tertiary/aromatic N) is 2. The first kappa shape index (κ1) is 18.0. The van der Waals surface area contributed by atoms with Crippen molar-refractivity contribution < 1.29 is 4.74 Å². The molecule has 2 aromatic heterocycles. The molecule has 7 heteroatoms. The van der Waals surface area contributed by atoms with Crippen LogP contribution < -0.4 is 10.3 Å². The number of fused-ring (bicyclic) bond motifs is 1. The zero-order valence-corrected chi connectivity index (χ0v) is 16.4. The van der Waals surface area contributed by atoms with E-state index in [9.17, 15) is 4.79 Å². The molecule has 0 N–H and O–H groups in total. The van der Waals surface area contributed by atoms with Crippen molar-refractivity contribution in [1.29, 1.82) is 0 Å². The summed E-state index contributed by atoms with van der Waals surface area (Å²) in [6.07, 6.45) is 1.56. The molecule has 0 spiro atoms. The first-order valence-corrected chi connectivity index (χ1v) is 9.81. The average molecular weight is 417 g/mol. The highest BCUT2D eigenvalue weighted by Crippen LogP contribution is 2.30. The van der Waals surface area contributed by atoms with Gasteiger partial charge >= 0.3 is 0 Å². The van der Waals surface area contributed by atoms with E-state index in [0.29, 0.717) is 34.3 Å². The van der Waals surface area contributed by atoms with Crippen LogP contribution in [-0.4, -0.2) is 16.2 Å². The largest absolute Gasteiger partial charge is 0.490 e. The zero-order chi connectivity index (χ0) is 18.8. The lowest BCUT2D eigenvalue weighted by Gasteiger charge is -2.09. The van der Waals surface area contributed by atoms with Crippen molar-refractivity contribution in [1.82, 2.24) is 9.55 Å². The highest BCUT2D eigenvalue weighted by atomic mass is 35.5. The lowest BCUT2D eigenvalue weighted by molar-refractivity contribution is 0.296. The molecule has 0 atom stereocenters. The summed E-state index contributed by atoms with van der Waals surface area (Å²) in [6.45, 7) is 0.668. The summed E-state index contributed by atoms with van der Waals surface area (Å²) in [7, 11) is 0. The van der Waals surface area contributed by atoms with Gasteiger partial charge in [-0.3, -0.25) is 9.36 Å². The standard InChI is InChI=1S/C20H14Cl2N2O2S/c21-14-6-7-17(16(22)10-14)26-9-8-24-12-23-19-15(20(24)25)11-18(27-19)13-4-2-1-3-5-13/h1-7,10-12H,8-9H2. The van der Waals surface area contributed by atoms with Gasteiger partial charge in [0, 0.05) is 9.90 Å². The lowest BCUT2D eigenvalue weighted by atomic mass is 10.2. The second-order valence-corrected chi connectivity index (χ2v) is 7.74. The van der Waals surface area contributed by atoms with Gasteiger partial charge in [0.1, 0.15) is 17.2 Å². The third kappa shape index (κ3) is 3.86. The van der Waals surface area contributed by atoms with Gasteiger partial charge in [-0.15, -0.1) is 11.3 Å². The van der Waals surface area contributed by atoms with Crippen molar-refractivity contribution in [2.45, 2.75) is 6.54 Å². The summed E-state index contributed by atoms with van der Waals surface area (Å²) in [5.41, 5.74) is 0.997. The summed E-state index contributed by atoms with van der Waals surface area (Å²) in [6, 6.07) is 16.9. The fourth-order valence-corrected chi connectivity index (χ4v) is 4.17.